The fourth-order valence-corrected chi connectivity index (χ4v) is 2.56. The molecule has 0 radical (unpaired) electrons. The van der Waals surface area contributed by atoms with E-state index in [0.29, 0.717) is 30.2 Å². The van der Waals surface area contributed by atoms with E-state index in [4.69, 9.17) is 10.5 Å². The van der Waals surface area contributed by atoms with Crippen LogP contribution in [-0.4, -0.2) is 22.1 Å². The van der Waals surface area contributed by atoms with Crippen molar-refractivity contribution in [2.45, 2.75) is 48.1 Å². The molecule has 0 unspecified atom stereocenters. The van der Waals surface area contributed by atoms with E-state index in [-0.39, 0.29) is 5.69 Å². The summed E-state index contributed by atoms with van der Waals surface area (Å²) < 4.78 is 6.91. The summed E-state index contributed by atoms with van der Waals surface area (Å²) in [6, 6.07) is 0. The highest BCUT2D eigenvalue weighted by Crippen LogP contribution is 2.26. The van der Waals surface area contributed by atoms with Crippen molar-refractivity contribution < 1.29 is 9.53 Å². The zero-order valence-electron chi connectivity index (χ0n) is 13.4. The Balaban J connectivity index is 3.05. The molecule has 1 heterocycles. The van der Waals surface area contributed by atoms with Gasteiger partial charge >= 0.3 is 5.97 Å². The van der Waals surface area contributed by atoms with Crippen molar-refractivity contribution in [1.82, 2.24) is 9.55 Å². The van der Waals surface area contributed by atoms with E-state index < -0.39 is 5.97 Å². The molecule has 0 spiro atoms. The van der Waals surface area contributed by atoms with Crippen LogP contribution in [0.2, 0.25) is 0 Å². The molecule has 114 valence electrons. The average Bonchev–Trinajstić information content (AvgIpc) is 2.62. The van der Waals surface area contributed by atoms with Crippen LogP contribution in [0.5, 0.6) is 0 Å². The second-order valence-corrected chi connectivity index (χ2v) is 5.88. The van der Waals surface area contributed by atoms with E-state index in [9.17, 15) is 4.79 Å². The third-order valence-electron chi connectivity index (χ3n) is 3.77. The zero-order chi connectivity index (χ0) is 15.4. The molecule has 0 bridgehead atoms. The Morgan fingerprint density at radius 2 is 1.85 bits per heavy atom. The Morgan fingerprint density at radius 3 is 2.30 bits per heavy atom. The molecule has 20 heavy (non-hydrogen) atoms. The standard InChI is InChI=1S/C15H27N3O2/c1-7-20-15(19)13-14(16)18(11(6)17-13)8-12(9(2)3)10(4)5/h9-10,12H,7-8,16H2,1-6H3. The highest BCUT2D eigenvalue weighted by molar-refractivity contribution is 5.92. The number of carbonyl (C=O) groups excluding carboxylic acids is 1. The summed E-state index contributed by atoms with van der Waals surface area (Å²) in [5.41, 5.74) is 6.32. The van der Waals surface area contributed by atoms with Crippen LogP contribution in [-0.2, 0) is 11.3 Å². The first kappa shape index (κ1) is 16.5. The van der Waals surface area contributed by atoms with Gasteiger partial charge in [-0.1, -0.05) is 27.7 Å². The third kappa shape index (κ3) is 3.52. The van der Waals surface area contributed by atoms with Gasteiger partial charge in [0.2, 0.25) is 0 Å². The van der Waals surface area contributed by atoms with Gasteiger partial charge in [0.15, 0.2) is 5.69 Å². The van der Waals surface area contributed by atoms with Crippen LogP contribution in [0, 0.1) is 24.7 Å². The van der Waals surface area contributed by atoms with Gasteiger partial charge in [0, 0.05) is 6.54 Å². The fraction of sp³-hybridized carbons (Fsp3) is 0.733. The first-order chi connectivity index (χ1) is 9.29. The van der Waals surface area contributed by atoms with E-state index in [1.807, 2.05) is 11.5 Å². The fourth-order valence-electron chi connectivity index (χ4n) is 2.56. The quantitative estimate of drug-likeness (QED) is 0.814. The summed E-state index contributed by atoms with van der Waals surface area (Å²) in [7, 11) is 0. The number of imidazole rings is 1. The minimum absolute atomic E-state index is 0.232. The highest BCUT2D eigenvalue weighted by Gasteiger charge is 2.24. The number of nitrogens with zero attached hydrogens (tertiary/aromatic N) is 2. The van der Waals surface area contributed by atoms with Gasteiger partial charge < -0.3 is 15.0 Å². The Kier molecular flexibility index (Phi) is 5.60. The number of rotatable bonds is 6. The average molecular weight is 281 g/mol. The first-order valence-electron chi connectivity index (χ1n) is 7.29. The molecule has 0 aliphatic carbocycles. The Labute approximate surface area is 121 Å². The van der Waals surface area contributed by atoms with Crippen molar-refractivity contribution in [2.24, 2.45) is 17.8 Å². The molecule has 0 aliphatic heterocycles. The Hall–Kier alpha value is -1.52. The van der Waals surface area contributed by atoms with Crippen LogP contribution in [0.4, 0.5) is 5.82 Å². The molecule has 2 N–H and O–H groups in total. The molecule has 5 heteroatoms. The van der Waals surface area contributed by atoms with E-state index >= 15 is 0 Å². The minimum Gasteiger partial charge on any atom is -0.461 e. The number of hydrogen-bond acceptors (Lipinski definition) is 4. The molecular weight excluding hydrogens is 254 g/mol. The number of ether oxygens (including phenoxy) is 1. The maximum absolute atomic E-state index is 11.8. The lowest BCUT2D eigenvalue weighted by Gasteiger charge is -2.26. The molecule has 0 aliphatic rings. The van der Waals surface area contributed by atoms with E-state index in [0.717, 1.165) is 12.4 Å². The Bertz CT molecular complexity index is 456. The van der Waals surface area contributed by atoms with Crippen molar-refractivity contribution in [1.29, 1.82) is 0 Å². The second-order valence-electron chi connectivity index (χ2n) is 5.88. The van der Waals surface area contributed by atoms with Gasteiger partial charge in [-0.15, -0.1) is 0 Å². The smallest absolute Gasteiger partial charge is 0.360 e. The Morgan fingerprint density at radius 1 is 1.30 bits per heavy atom. The van der Waals surface area contributed by atoms with Gasteiger partial charge in [-0.25, -0.2) is 9.78 Å². The van der Waals surface area contributed by atoms with Crippen LogP contribution in [0.1, 0.15) is 50.9 Å². The van der Waals surface area contributed by atoms with Crippen molar-refractivity contribution in [3.8, 4) is 0 Å². The molecule has 0 saturated heterocycles. The van der Waals surface area contributed by atoms with Crippen molar-refractivity contribution >= 4 is 11.8 Å². The molecule has 0 fully saturated rings. The summed E-state index contributed by atoms with van der Waals surface area (Å²) >= 11 is 0. The van der Waals surface area contributed by atoms with E-state index in [1.54, 1.807) is 6.92 Å². The number of anilines is 1. The molecule has 0 atom stereocenters. The van der Waals surface area contributed by atoms with E-state index in [1.165, 1.54) is 0 Å². The number of nitrogen functional groups attached to an aromatic ring is 1. The lowest BCUT2D eigenvalue weighted by Crippen LogP contribution is -2.23. The van der Waals surface area contributed by atoms with E-state index in [2.05, 4.69) is 32.7 Å². The second kappa shape index (κ2) is 6.77. The molecule has 1 aromatic rings. The van der Waals surface area contributed by atoms with Gasteiger partial charge in [-0.05, 0) is 31.6 Å². The lowest BCUT2D eigenvalue weighted by molar-refractivity contribution is 0.0521. The highest BCUT2D eigenvalue weighted by atomic mass is 16.5. The van der Waals surface area contributed by atoms with Gasteiger partial charge in [-0.2, -0.15) is 0 Å². The molecule has 1 rings (SSSR count). The normalized spacial score (nSPS) is 11.7. The lowest BCUT2D eigenvalue weighted by atomic mass is 9.85. The molecule has 0 saturated carbocycles. The van der Waals surface area contributed by atoms with Gasteiger partial charge in [-0.3, -0.25) is 0 Å². The molecule has 0 amide bonds. The number of esters is 1. The monoisotopic (exact) mass is 281 g/mol. The van der Waals surface area contributed by atoms with Crippen LogP contribution in [0.25, 0.3) is 0 Å². The molecule has 5 nitrogen and oxygen atoms in total. The van der Waals surface area contributed by atoms with Gasteiger partial charge in [0.1, 0.15) is 11.6 Å². The molecule has 1 aromatic heterocycles. The van der Waals surface area contributed by atoms with Crippen molar-refractivity contribution in [3.05, 3.63) is 11.5 Å². The number of aryl methyl sites for hydroxylation is 1. The number of hydrogen-bond donors (Lipinski definition) is 1. The van der Waals surface area contributed by atoms with Crippen LogP contribution in [0.15, 0.2) is 0 Å². The van der Waals surface area contributed by atoms with Crippen LogP contribution in [0.3, 0.4) is 0 Å². The minimum atomic E-state index is -0.447. The zero-order valence-corrected chi connectivity index (χ0v) is 13.4. The van der Waals surface area contributed by atoms with Gasteiger partial charge in [0.25, 0.3) is 0 Å². The number of nitrogens with two attached hydrogens (primary N) is 1. The van der Waals surface area contributed by atoms with Crippen LogP contribution >= 0.6 is 0 Å². The number of carbonyl (C=O) groups is 1. The largest absolute Gasteiger partial charge is 0.461 e. The summed E-state index contributed by atoms with van der Waals surface area (Å²) in [5, 5.41) is 0. The maximum atomic E-state index is 11.8. The predicted octanol–water partition coefficient (Wildman–Crippen LogP) is 2.88. The van der Waals surface area contributed by atoms with Gasteiger partial charge in [0.05, 0.1) is 6.61 Å². The SMILES string of the molecule is CCOC(=O)c1nc(C)n(CC(C(C)C)C(C)C)c1N. The summed E-state index contributed by atoms with van der Waals surface area (Å²) in [6.45, 7) is 13.6. The third-order valence-corrected chi connectivity index (χ3v) is 3.77. The summed E-state index contributed by atoms with van der Waals surface area (Å²) in [6.07, 6.45) is 0. The summed E-state index contributed by atoms with van der Waals surface area (Å²) in [4.78, 5) is 16.1. The van der Waals surface area contributed by atoms with Crippen molar-refractivity contribution in [3.63, 3.8) is 0 Å². The van der Waals surface area contributed by atoms with Crippen LogP contribution < -0.4 is 5.73 Å². The predicted molar refractivity (Wildman–Crippen MR) is 80.5 cm³/mol. The van der Waals surface area contributed by atoms with Crippen molar-refractivity contribution in [2.75, 3.05) is 12.3 Å². The molecule has 0 aromatic carbocycles. The topological polar surface area (TPSA) is 70.1 Å². The maximum Gasteiger partial charge on any atom is 0.360 e. The summed E-state index contributed by atoms with van der Waals surface area (Å²) in [5.74, 6) is 2.30. The molecular formula is C15H27N3O2. The number of aromatic nitrogens is 2. The first-order valence-corrected chi connectivity index (χ1v) is 7.29.